The van der Waals surface area contributed by atoms with Gasteiger partial charge in [0.2, 0.25) is 0 Å². The Morgan fingerprint density at radius 1 is 1.09 bits per heavy atom. The van der Waals surface area contributed by atoms with E-state index in [9.17, 15) is 13.6 Å². The molecule has 5 heteroatoms. The third-order valence-electron chi connectivity index (χ3n) is 3.66. The molecule has 0 N–H and O–H groups in total. The molecule has 2 aromatic rings. The number of amides is 1. The number of nitrogens with zero attached hydrogens (tertiary/aromatic N) is 1. The summed E-state index contributed by atoms with van der Waals surface area (Å²) in [5.41, 5.74) is 1.12. The molecule has 2 nitrogen and oxygen atoms in total. The first-order chi connectivity index (χ1) is 10.4. The van der Waals surface area contributed by atoms with Gasteiger partial charge in [-0.3, -0.25) is 4.79 Å². The number of carbonyl (C=O) groups excluding carboxylic acids is 1. The van der Waals surface area contributed by atoms with E-state index in [0.29, 0.717) is 11.1 Å². The molecule has 1 atom stereocenters. The first-order valence-corrected chi connectivity index (χ1v) is 8.02. The van der Waals surface area contributed by atoms with Gasteiger partial charge in [-0.25, -0.2) is 8.78 Å². The zero-order valence-corrected chi connectivity index (χ0v) is 13.5. The topological polar surface area (TPSA) is 20.3 Å². The number of rotatable bonds is 4. The summed E-state index contributed by atoms with van der Waals surface area (Å²) in [7, 11) is 1.65. The van der Waals surface area contributed by atoms with Gasteiger partial charge in [-0.2, -0.15) is 0 Å². The van der Waals surface area contributed by atoms with E-state index in [2.05, 4.69) is 0 Å². The average molecular weight is 321 g/mol. The first kappa shape index (κ1) is 16.5. The van der Waals surface area contributed by atoms with Gasteiger partial charge in [0.1, 0.15) is 0 Å². The van der Waals surface area contributed by atoms with Crippen molar-refractivity contribution in [1.29, 1.82) is 0 Å². The van der Waals surface area contributed by atoms with Crippen molar-refractivity contribution >= 4 is 17.7 Å². The maximum absolute atomic E-state index is 13.3. The molecule has 0 heterocycles. The summed E-state index contributed by atoms with van der Waals surface area (Å²) in [6, 6.07) is 10.6. The fourth-order valence-corrected chi connectivity index (χ4v) is 2.52. The predicted molar refractivity (Wildman–Crippen MR) is 85.1 cm³/mol. The Hall–Kier alpha value is -1.88. The third-order valence-corrected chi connectivity index (χ3v) is 4.41. The van der Waals surface area contributed by atoms with Gasteiger partial charge in [-0.15, -0.1) is 11.8 Å². The van der Waals surface area contributed by atoms with Crippen LogP contribution in [0.5, 0.6) is 0 Å². The van der Waals surface area contributed by atoms with Crippen LogP contribution < -0.4 is 0 Å². The lowest BCUT2D eigenvalue weighted by Gasteiger charge is -2.25. The van der Waals surface area contributed by atoms with Crippen molar-refractivity contribution in [2.75, 3.05) is 13.3 Å². The van der Waals surface area contributed by atoms with Crippen LogP contribution in [0.15, 0.2) is 47.4 Å². The molecule has 0 fully saturated rings. The molecule has 0 aliphatic rings. The lowest BCUT2D eigenvalue weighted by atomic mass is 10.1. The number of carbonyl (C=O) groups is 1. The van der Waals surface area contributed by atoms with E-state index in [1.807, 2.05) is 18.4 Å². The molecule has 2 aromatic carbocycles. The Kier molecular flexibility index (Phi) is 5.19. The first-order valence-electron chi connectivity index (χ1n) is 6.80. The van der Waals surface area contributed by atoms with E-state index in [1.165, 1.54) is 11.0 Å². The Morgan fingerprint density at radius 2 is 1.73 bits per heavy atom. The van der Waals surface area contributed by atoms with Crippen molar-refractivity contribution in [3.63, 3.8) is 0 Å². The molecule has 1 unspecified atom stereocenters. The van der Waals surface area contributed by atoms with Crippen LogP contribution in [0, 0.1) is 11.6 Å². The van der Waals surface area contributed by atoms with Crippen molar-refractivity contribution in [1.82, 2.24) is 4.90 Å². The second kappa shape index (κ2) is 6.92. The maximum Gasteiger partial charge on any atom is 0.254 e. The molecule has 2 rings (SSSR count). The molecule has 1 amide bonds. The summed E-state index contributed by atoms with van der Waals surface area (Å²) in [5.74, 6) is -1.96. The normalized spacial score (nSPS) is 12.0. The van der Waals surface area contributed by atoms with Gasteiger partial charge in [0.05, 0.1) is 6.04 Å². The maximum atomic E-state index is 13.3. The van der Waals surface area contributed by atoms with E-state index in [4.69, 9.17) is 0 Å². The molecular formula is C17H17F2NOS. The largest absolute Gasteiger partial charge is 0.335 e. The van der Waals surface area contributed by atoms with E-state index < -0.39 is 11.6 Å². The number of hydrogen-bond acceptors (Lipinski definition) is 2. The fraction of sp³-hybridized carbons (Fsp3) is 0.235. The van der Waals surface area contributed by atoms with Gasteiger partial charge in [-0.1, -0.05) is 6.07 Å². The van der Waals surface area contributed by atoms with E-state index in [-0.39, 0.29) is 11.9 Å². The highest BCUT2D eigenvalue weighted by Crippen LogP contribution is 2.23. The molecule has 0 spiro atoms. The molecular weight excluding hydrogens is 304 g/mol. The van der Waals surface area contributed by atoms with Crippen LogP contribution in [0.2, 0.25) is 0 Å². The molecule has 0 aromatic heterocycles. The summed E-state index contributed by atoms with van der Waals surface area (Å²) in [5, 5.41) is 0. The lowest BCUT2D eigenvalue weighted by molar-refractivity contribution is 0.0742. The second-order valence-corrected chi connectivity index (χ2v) is 5.87. The molecule has 0 aliphatic carbocycles. The summed E-state index contributed by atoms with van der Waals surface area (Å²) >= 11 is 1.60. The van der Waals surface area contributed by atoms with Crippen LogP contribution in [0.4, 0.5) is 8.78 Å². The van der Waals surface area contributed by atoms with Gasteiger partial charge in [-0.05, 0) is 55.1 Å². The summed E-state index contributed by atoms with van der Waals surface area (Å²) in [6.45, 7) is 1.78. The van der Waals surface area contributed by atoms with Crippen molar-refractivity contribution in [3.05, 3.63) is 65.2 Å². The quantitative estimate of drug-likeness (QED) is 0.772. The third kappa shape index (κ3) is 3.47. The lowest BCUT2D eigenvalue weighted by Crippen LogP contribution is -2.29. The fourth-order valence-electron chi connectivity index (χ4n) is 2.11. The van der Waals surface area contributed by atoms with Crippen molar-refractivity contribution in [3.8, 4) is 0 Å². The van der Waals surface area contributed by atoms with Crippen molar-refractivity contribution < 1.29 is 13.6 Å². The number of thioether (sulfide) groups is 1. The average Bonchev–Trinajstić information content (AvgIpc) is 2.55. The molecule has 0 radical (unpaired) electrons. The van der Waals surface area contributed by atoms with Gasteiger partial charge < -0.3 is 4.90 Å². The van der Waals surface area contributed by atoms with Crippen LogP contribution in [-0.4, -0.2) is 24.1 Å². The number of benzene rings is 2. The monoisotopic (exact) mass is 321 g/mol. The standard InChI is InChI=1S/C17H17F2NOS/c1-11(13-6-9-15(18)16(19)10-13)20(2)17(21)12-4-7-14(22-3)8-5-12/h4-11H,1-3H3. The highest BCUT2D eigenvalue weighted by Gasteiger charge is 2.20. The predicted octanol–water partition coefficient (Wildman–Crippen LogP) is 4.52. The minimum absolute atomic E-state index is 0.162. The SMILES string of the molecule is CSc1ccc(C(=O)N(C)C(C)c2ccc(F)c(F)c2)cc1. The zero-order chi connectivity index (χ0) is 16.3. The molecule has 116 valence electrons. The molecule has 0 saturated heterocycles. The smallest absolute Gasteiger partial charge is 0.254 e. The molecule has 0 bridgehead atoms. The Balaban J connectivity index is 2.19. The summed E-state index contributed by atoms with van der Waals surface area (Å²) in [4.78, 5) is 15.1. The van der Waals surface area contributed by atoms with E-state index >= 15 is 0 Å². The summed E-state index contributed by atoms with van der Waals surface area (Å²) in [6.07, 6.45) is 1.97. The minimum Gasteiger partial charge on any atom is -0.335 e. The van der Waals surface area contributed by atoms with E-state index in [0.717, 1.165) is 17.0 Å². The molecule has 22 heavy (non-hydrogen) atoms. The minimum atomic E-state index is -0.908. The summed E-state index contributed by atoms with van der Waals surface area (Å²) < 4.78 is 26.3. The highest BCUT2D eigenvalue weighted by atomic mass is 32.2. The van der Waals surface area contributed by atoms with Crippen LogP contribution in [0.1, 0.15) is 28.9 Å². The van der Waals surface area contributed by atoms with Crippen LogP contribution in [0.25, 0.3) is 0 Å². The number of hydrogen-bond donors (Lipinski definition) is 0. The molecule has 0 saturated carbocycles. The van der Waals surface area contributed by atoms with Crippen molar-refractivity contribution in [2.24, 2.45) is 0 Å². The van der Waals surface area contributed by atoms with Gasteiger partial charge in [0.25, 0.3) is 5.91 Å². The van der Waals surface area contributed by atoms with Gasteiger partial charge in [0, 0.05) is 17.5 Å². The van der Waals surface area contributed by atoms with Crippen molar-refractivity contribution in [2.45, 2.75) is 17.9 Å². The van der Waals surface area contributed by atoms with Gasteiger partial charge >= 0.3 is 0 Å². The van der Waals surface area contributed by atoms with Crippen LogP contribution in [-0.2, 0) is 0 Å². The molecule has 0 aliphatic heterocycles. The Labute approximate surface area is 133 Å². The van der Waals surface area contributed by atoms with Crippen LogP contribution in [0.3, 0.4) is 0 Å². The Morgan fingerprint density at radius 3 is 2.27 bits per heavy atom. The van der Waals surface area contributed by atoms with Crippen LogP contribution >= 0.6 is 11.8 Å². The van der Waals surface area contributed by atoms with E-state index in [1.54, 1.807) is 37.9 Å². The Bertz CT molecular complexity index is 673. The number of halogens is 2. The zero-order valence-electron chi connectivity index (χ0n) is 12.6. The second-order valence-electron chi connectivity index (χ2n) is 4.99. The highest BCUT2D eigenvalue weighted by molar-refractivity contribution is 7.98. The van der Waals surface area contributed by atoms with Gasteiger partial charge in [0.15, 0.2) is 11.6 Å².